The number of anilines is 1. The zero-order chi connectivity index (χ0) is 17.1. The van der Waals surface area contributed by atoms with Crippen LogP contribution in [-0.4, -0.2) is 30.4 Å². The Morgan fingerprint density at radius 3 is 2.75 bits per heavy atom. The van der Waals surface area contributed by atoms with Gasteiger partial charge in [-0.05, 0) is 31.5 Å². The van der Waals surface area contributed by atoms with Crippen molar-refractivity contribution in [3.05, 3.63) is 40.5 Å². The van der Waals surface area contributed by atoms with Crippen molar-refractivity contribution in [1.82, 2.24) is 9.97 Å². The minimum absolute atomic E-state index is 0.690. The first kappa shape index (κ1) is 16.2. The van der Waals surface area contributed by atoms with Crippen LogP contribution in [0.15, 0.2) is 29.6 Å². The number of ether oxygens (including phenoxy) is 2. The average molecular weight is 342 g/mol. The zero-order valence-electron chi connectivity index (χ0n) is 14.0. The van der Waals surface area contributed by atoms with Crippen LogP contribution in [0.25, 0.3) is 10.2 Å². The molecule has 1 aromatic carbocycles. The van der Waals surface area contributed by atoms with Gasteiger partial charge in [-0.1, -0.05) is 0 Å². The molecule has 7 heteroatoms. The van der Waals surface area contributed by atoms with E-state index in [4.69, 9.17) is 9.47 Å². The molecule has 0 aliphatic heterocycles. The highest BCUT2D eigenvalue weighted by molar-refractivity contribution is 7.18. The van der Waals surface area contributed by atoms with Crippen LogP contribution in [0, 0.1) is 13.8 Å². The van der Waals surface area contributed by atoms with Crippen molar-refractivity contribution in [2.24, 2.45) is 5.10 Å². The molecule has 3 rings (SSSR count). The number of nitrogens with zero attached hydrogens (tertiary/aromatic N) is 3. The lowest BCUT2D eigenvalue weighted by Crippen LogP contribution is -1.97. The minimum Gasteiger partial charge on any atom is -0.497 e. The normalized spacial score (nSPS) is 11.2. The van der Waals surface area contributed by atoms with Gasteiger partial charge in [-0.15, -0.1) is 11.3 Å². The van der Waals surface area contributed by atoms with Gasteiger partial charge in [0, 0.05) is 16.5 Å². The van der Waals surface area contributed by atoms with Crippen LogP contribution in [-0.2, 0) is 0 Å². The minimum atomic E-state index is 0.690. The van der Waals surface area contributed by atoms with Crippen LogP contribution in [0.1, 0.15) is 16.0 Å². The van der Waals surface area contributed by atoms with Crippen molar-refractivity contribution in [2.75, 3.05) is 19.6 Å². The fraction of sp³-hybridized carbons (Fsp3) is 0.235. The van der Waals surface area contributed by atoms with Gasteiger partial charge in [0.25, 0.3) is 0 Å². The lowest BCUT2D eigenvalue weighted by molar-refractivity contribution is 0.394. The molecule has 0 radical (unpaired) electrons. The average Bonchev–Trinajstić information content (AvgIpc) is 2.90. The van der Waals surface area contributed by atoms with Crippen LogP contribution < -0.4 is 14.9 Å². The van der Waals surface area contributed by atoms with Crippen molar-refractivity contribution in [2.45, 2.75) is 13.8 Å². The first-order valence-electron chi connectivity index (χ1n) is 7.36. The number of methoxy groups -OCH3 is 2. The van der Waals surface area contributed by atoms with E-state index in [9.17, 15) is 0 Å². The summed E-state index contributed by atoms with van der Waals surface area (Å²) in [6, 6.07) is 5.56. The first-order chi connectivity index (χ1) is 11.6. The molecule has 0 amide bonds. The predicted octanol–water partition coefficient (Wildman–Crippen LogP) is 3.77. The van der Waals surface area contributed by atoms with Gasteiger partial charge in [0.05, 0.1) is 25.8 Å². The standard InChI is InChI=1S/C17H18N4O2S/c1-10-11(2)24-17-15(10)16(18-9-19-17)21-20-8-12-5-6-13(22-3)7-14(12)23-4/h5-9H,1-4H3,(H,18,19,21). The molecule has 1 N–H and O–H groups in total. The summed E-state index contributed by atoms with van der Waals surface area (Å²) in [4.78, 5) is 10.8. The van der Waals surface area contributed by atoms with Gasteiger partial charge in [0.15, 0.2) is 5.82 Å². The van der Waals surface area contributed by atoms with Crippen molar-refractivity contribution in [3.8, 4) is 11.5 Å². The van der Waals surface area contributed by atoms with Crippen molar-refractivity contribution < 1.29 is 9.47 Å². The molecular formula is C17H18N4O2S. The van der Waals surface area contributed by atoms with Crippen molar-refractivity contribution in [3.63, 3.8) is 0 Å². The summed E-state index contributed by atoms with van der Waals surface area (Å²) in [6.45, 7) is 4.15. The third kappa shape index (κ3) is 3.03. The van der Waals surface area contributed by atoms with Crippen LogP contribution in [0.5, 0.6) is 11.5 Å². The van der Waals surface area contributed by atoms with Gasteiger partial charge >= 0.3 is 0 Å². The molecule has 0 aliphatic carbocycles. The highest BCUT2D eigenvalue weighted by atomic mass is 32.1. The topological polar surface area (TPSA) is 68.6 Å². The maximum Gasteiger partial charge on any atom is 0.158 e. The molecule has 124 valence electrons. The summed E-state index contributed by atoms with van der Waals surface area (Å²) in [5.41, 5.74) is 5.03. The fourth-order valence-corrected chi connectivity index (χ4v) is 3.35. The monoisotopic (exact) mass is 342 g/mol. The molecular weight excluding hydrogens is 324 g/mol. The smallest absolute Gasteiger partial charge is 0.158 e. The molecule has 2 aromatic heterocycles. The van der Waals surface area contributed by atoms with Gasteiger partial charge in [0.2, 0.25) is 0 Å². The second-order valence-electron chi connectivity index (χ2n) is 5.16. The maximum atomic E-state index is 5.36. The number of rotatable bonds is 5. The lowest BCUT2D eigenvalue weighted by atomic mass is 10.2. The number of benzene rings is 1. The first-order valence-corrected chi connectivity index (χ1v) is 8.17. The summed E-state index contributed by atoms with van der Waals surface area (Å²) >= 11 is 1.66. The fourth-order valence-electron chi connectivity index (χ4n) is 2.36. The Morgan fingerprint density at radius 1 is 1.17 bits per heavy atom. The molecule has 0 fully saturated rings. The van der Waals surface area contributed by atoms with E-state index in [1.165, 1.54) is 10.4 Å². The largest absolute Gasteiger partial charge is 0.497 e. The summed E-state index contributed by atoms with van der Waals surface area (Å²) in [6.07, 6.45) is 3.24. The van der Waals surface area contributed by atoms with Gasteiger partial charge < -0.3 is 9.47 Å². The number of aromatic nitrogens is 2. The Balaban J connectivity index is 1.87. The van der Waals surface area contributed by atoms with E-state index >= 15 is 0 Å². The van der Waals surface area contributed by atoms with E-state index in [2.05, 4.69) is 34.3 Å². The Bertz CT molecular complexity index is 905. The van der Waals surface area contributed by atoms with Crippen LogP contribution in [0.4, 0.5) is 5.82 Å². The molecule has 0 saturated heterocycles. The summed E-state index contributed by atoms with van der Waals surface area (Å²) < 4.78 is 10.6. The van der Waals surface area contributed by atoms with Crippen molar-refractivity contribution >= 4 is 33.6 Å². The molecule has 0 spiro atoms. The van der Waals surface area contributed by atoms with Gasteiger partial charge in [0.1, 0.15) is 22.7 Å². The van der Waals surface area contributed by atoms with E-state index in [-0.39, 0.29) is 0 Å². The molecule has 0 aliphatic rings. The lowest BCUT2D eigenvalue weighted by Gasteiger charge is -2.07. The highest BCUT2D eigenvalue weighted by Gasteiger charge is 2.11. The van der Waals surface area contributed by atoms with E-state index < -0.39 is 0 Å². The van der Waals surface area contributed by atoms with Crippen LogP contribution in [0.2, 0.25) is 0 Å². The number of hydrogen-bond acceptors (Lipinski definition) is 7. The maximum absolute atomic E-state index is 5.36. The number of thiophene rings is 1. The van der Waals surface area contributed by atoms with Gasteiger partial charge in [-0.25, -0.2) is 9.97 Å². The van der Waals surface area contributed by atoms with Crippen LogP contribution in [0.3, 0.4) is 0 Å². The quantitative estimate of drug-likeness (QED) is 0.564. The number of fused-ring (bicyclic) bond motifs is 1. The third-order valence-electron chi connectivity index (χ3n) is 3.78. The number of hydrogen-bond donors (Lipinski definition) is 1. The zero-order valence-corrected chi connectivity index (χ0v) is 14.8. The second-order valence-corrected chi connectivity index (χ2v) is 6.37. The summed E-state index contributed by atoms with van der Waals surface area (Å²) in [5, 5.41) is 5.31. The Hall–Kier alpha value is -2.67. The molecule has 2 heterocycles. The summed E-state index contributed by atoms with van der Waals surface area (Å²) in [5.74, 6) is 2.12. The predicted molar refractivity (Wildman–Crippen MR) is 97.7 cm³/mol. The molecule has 3 aromatic rings. The summed E-state index contributed by atoms with van der Waals surface area (Å²) in [7, 11) is 3.24. The van der Waals surface area contributed by atoms with Crippen LogP contribution >= 0.6 is 11.3 Å². The number of hydrazone groups is 1. The number of aryl methyl sites for hydroxylation is 2. The second kappa shape index (κ2) is 6.84. The Labute approximate surface area is 144 Å². The molecule has 0 unspecified atom stereocenters. The molecule has 0 bridgehead atoms. The van der Waals surface area contributed by atoms with E-state index in [0.29, 0.717) is 11.6 Å². The molecule has 0 saturated carbocycles. The van der Waals surface area contributed by atoms with E-state index in [0.717, 1.165) is 21.5 Å². The van der Waals surface area contributed by atoms with E-state index in [1.807, 2.05) is 18.2 Å². The SMILES string of the molecule is COc1ccc(C=NNc2ncnc3sc(C)c(C)c23)c(OC)c1. The number of nitrogens with one attached hydrogen (secondary N) is 1. The van der Waals surface area contributed by atoms with Gasteiger partial charge in [-0.3, -0.25) is 5.43 Å². The van der Waals surface area contributed by atoms with Crippen molar-refractivity contribution in [1.29, 1.82) is 0 Å². The molecule has 24 heavy (non-hydrogen) atoms. The molecule has 0 atom stereocenters. The Morgan fingerprint density at radius 2 is 2.00 bits per heavy atom. The Kier molecular flexibility index (Phi) is 4.61. The highest BCUT2D eigenvalue weighted by Crippen LogP contribution is 2.32. The molecule has 6 nitrogen and oxygen atoms in total. The van der Waals surface area contributed by atoms with Gasteiger partial charge in [-0.2, -0.15) is 5.10 Å². The van der Waals surface area contributed by atoms with E-state index in [1.54, 1.807) is 38.1 Å². The third-order valence-corrected chi connectivity index (χ3v) is 4.90.